The number of hydrogen-bond acceptors (Lipinski definition) is 5. The van der Waals surface area contributed by atoms with Gasteiger partial charge in [0.25, 0.3) is 5.91 Å². The van der Waals surface area contributed by atoms with Crippen LogP contribution in [0.1, 0.15) is 49.5 Å². The lowest BCUT2D eigenvalue weighted by Crippen LogP contribution is -2.44. The van der Waals surface area contributed by atoms with Crippen molar-refractivity contribution < 1.29 is 23.9 Å². The molecule has 0 unspecified atom stereocenters. The van der Waals surface area contributed by atoms with Crippen LogP contribution in [0.3, 0.4) is 0 Å². The third-order valence-corrected chi connectivity index (χ3v) is 4.10. The number of amides is 2. The number of alkyl carbamates (subject to hydrolysis) is 1. The third kappa shape index (κ3) is 7.95. The minimum atomic E-state index is -1.18. The van der Waals surface area contributed by atoms with E-state index in [4.69, 9.17) is 15.2 Å². The quantitative estimate of drug-likeness (QED) is 0.612. The van der Waals surface area contributed by atoms with E-state index in [1.165, 1.54) is 0 Å². The molecule has 0 aliphatic carbocycles. The van der Waals surface area contributed by atoms with Gasteiger partial charge >= 0.3 is 6.09 Å². The van der Waals surface area contributed by atoms with Crippen LogP contribution in [-0.2, 0) is 16.1 Å². The van der Waals surface area contributed by atoms with Crippen molar-refractivity contribution in [2.24, 2.45) is 5.73 Å². The van der Waals surface area contributed by atoms with Crippen molar-refractivity contribution in [3.63, 3.8) is 0 Å². The highest BCUT2D eigenvalue weighted by molar-refractivity contribution is 5.96. The van der Waals surface area contributed by atoms with E-state index in [2.05, 4.69) is 5.32 Å². The van der Waals surface area contributed by atoms with E-state index in [0.717, 1.165) is 5.56 Å². The highest BCUT2D eigenvalue weighted by Gasteiger charge is 2.24. The van der Waals surface area contributed by atoms with Crippen LogP contribution >= 0.6 is 0 Å². The van der Waals surface area contributed by atoms with E-state index >= 15 is 0 Å². The van der Waals surface area contributed by atoms with Crippen molar-refractivity contribution in [3.05, 3.63) is 65.7 Å². The van der Waals surface area contributed by atoms with Gasteiger partial charge in [-0.15, -0.1) is 0 Å². The maximum atomic E-state index is 12.4. The number of carbonyl (C=O) groups is 3. The molecule has 0 saturated heterocycles. The van der Waals surface area contributed by atoms with Crippen molar-refractivity contribution in [2.45, 2.75) is 51.9 Å². The second-order valence-corrected chi connectivity index (χ2v) is 7.93. The van der Waals surface area contributed by atoms with Crippen LogP contribution in [-0.4, -0.2) is 29.4 Å². The standard InChI is InChI=1S/C23H28N2O5/c1-23(2,3)25-22(28)30-20(21(24)27)14-13-19(26)17-9-11-18(12-10-17)29-15-16-7-5-4-6-8-16/h4-12,20H,13-15H2,1-3H3,(H2,24,27)(H,25,28)/t20-/m0/s1. The molecule has 0 saturated carbocycles. The fourth-order valence-electron chi connectivity index (χ4n) is 2.61. The third-order valence-electron chi connectivity index (χ3n) is 4.10. The fraction of sp³-hybridized carbons (Fsp3) is 0.348. The summed E-state index contributed by atoms with van der Waals surface area (Å²) in [5, 5.41) is 2.59. The highest BCUT2D eigenvalue weighted by atomic mass is 16.6. The summed E-state index contributed by atoms with van der Waals surface area (Å²) in [6.07, 6.45) is -1.90. The molecule has 0 aliphatic rings. The van der Waals surface area contributed by atoms with Crippen LogP contribution in [0.2, 0.25) is 0 Å². The molecule has 2 aromatic rings. The van der Waals surface area contributed by atoms with Crippen LogP contribution in [0.5, 0.6) is 5.75 Å². The minimum absolute atomic E-state index is 0.0119. The number of ether oxygens (including phenoxy) is 2. The molecule has 7 nitrogen and oxygen atoms in total. The predicted molar refractivity (Wildman–Crippen MR) is 113 cm³/mol. The molecule has 7 heteroatoms. The van der Waals surface area contributed by atoms with Crippen LogP contribution in [0.4, 0.5) is 4.79 Å². The summed E-state index contributed by atoms with van der Waals surface area (Å²) < 4.78 is 10.8. The Morgan fingerprint density at radius 1 is 1.00 bits per heavy atom. The second kappa shape index (κ2) is 10.4. The van der Waals surface area contributed by atoms with Gasteiger partial charge in [0.2, 0.25) is 0 Å². The zero-order chi connectivity index (χ0) is 22.1. The summed E-state index contributed by atoms with van der Waals surface area (Å²) in [4.78, 5) is 35.9. The highest BCUT2D eigenvalue weighted by Crippen LogP contribution is 2.17. The van der Waals surface area contributed by atoms with E-state index < -0.39 is 23.6 Å². The zero-order valence-corrected chi connectivity index (χ0v) is 17.5. The number of Topliss-reactive ketones (excluding diaryl/α,β-unsaturated/α-hetero) is 1. The van der Waals surface area contributed by atoms with Crippen LogP contribution < -0.4 is 15.8 Å². The number of benzene rings is 2. The lowest BCUT2D eigenvalue weighted by atomic mass is 10.0. The largest absolute Gasteiger partial charge is 0.489 e. The van der Waals surface area contributed by atoms with Gasteiger partial charge in [-0.05, 0) is 50.6 Å². The molecule has 0 spiro atoms. The van der Waals surface area contributed by atoms with Crippen molar-refractivity contribution in [1.82, 2.24) is 5.32 Å². The number of ketones is 1. The van der Waals surface area contributed by atoms with E-state index in [-0.39, 0.29) is 18.6 Å². The monoisotopic (exact) mass is 412 g/mol. The van der Waals surface area contributed by atoms with E-state index in [1.54, 1.807) is 45.0 Å². The van der Waals surface area contributed by atoms with Gasteiger partial charge < -0.3 is 20.5 Å². The van der Waals surface area contributed by atoms with Gasteiger partial charge in [-0.25, -0.2) is 4.79 Å². The Bertz CT molecular complexity index is 857. The van der Waals surface area contributed by atoms with Gasteiger partial charge in [-0.3, -0.25) is 9.59 Å². The number of hydrogen-bond donors (Lipinski definition) is 2. The number of nitrogens with two attached hydrogens (primary N) is 1. The molecule has 0 bridgehead atoms. The molecule has 2 amide bonds. The zero-order valence-electron chi connectivity index (χ0n) is 17.5. The molecule has 0 aliphatic heterocycles. The first-order valence-corrected chi connectivity index (χ1v) is 9.72. The molecule has 0 radical (unpaired) electrons. The Morgan fingerprint density at radius 2 is 1.63 bits per heavy atom. The molecular weight excluding hydrogens is 384 g/mol. The minimum Gasteiger partial charge on any atom is -0.489 e. The van der Waals surface area contributed by atoms with Crippen molar-refractivity contribution >= 4 is 17.8 Å². The molecule has 3 N–H and O–H groups in total. The normalized spacial score (nSPS) is 12.0. The van der Waals surface area contributed by atoms with Gasteiger partial charge in [0.15, 0.2) is 11.9 Å². The van der Waals surface area contributed by atoms with Crippen LogP contribution in [0.15, 0.2) is 54.6 Å². The Kier molecular flexibility index (Phi) is 7.98. The predicted octanol–water partition coefficient (Wildman–Crippen LogP) is 3.61. The van der Waals surface area contributed by atoms with E-state index in [9.17, 15) is 14.4 Å². The average molecular weight is 412 g/mol. The maximum Gasteiger partial charge on any atom is 0.408 e. The first-order valence-electron chi connectivity index (χ1n) is 9.72. The second-order valence-electron chi connectivity index (χ2n) is 7.93. The summed E-state index contributed by atoms with van der Waals surface area (Å²) in [5.74, 6) is -0.334. The summed E-state index contributed by atoms with van der Waals surface area (Å²) in [5.41, 5.74) is 6.31. The molecular formula is C23H28N2O5. The topological polar surface area (TPSA) is 108 Å². The van der Waals surface area contributed by atoms with Crippen LogP contribution in [0.25, 0.3) is 0 Å². The molecule has 0 fully saturated rings. The smallest absolute Gasteiger partial charge is 0.408 e. The Morgan fingerprint density at radius 3 is 2.20 bits per heavy atom. The van der Waals surface area contributed by atoms with Gasteiger partial charge in [-0.2, -0.15) is 0 Å². The van der Waals surface area contributed by atoms with Gasteiger partial charge in [0.05, 0.1) is 0 Å². The number of primary amides is 1. The van der Waals surface area contributed by atoms with Crippen molar-refractivity contribution in [2.75, 3.05) is 0 Å². The Labute approximate surface area is 176 Å². The molecule has 160 valence electrons. The average Bonchev–Trinajstić information content (AvgIpc) is 2.69. The lowest BCUT2D eigenvalue weighted by Gasteiger charge is -2.22. The Hall–Kier alpha value is -3.35. The summed E-state index contributed by atoms with van der Waals surface area (Å²) in [7, 11) is 0. The van der Waals surface area contributed by atoms with E-state index in [1.807, 2.05) is 30.3 Å². The first-order chi connectivity index (χ1) is 14.1. The SMILES string of the molecule is CC(C)(C)NC(=O)O[C@@H](CCC(=O)c1ccc(OCc2ccccc2)cc1)C(N)=O. The van der Waals surface area contributed by atoms with Gasteiger partial charge in [0, 0.05) is 23.9 Å². The maximum absolute atomic E-state index is 12.4. The van der Waals surface area contributed by atoms with E-state index in [0.29, 0.717) is 17.9 Å². The molecule has 30 heavy (non-hydrogen) atoms. The molecule has 2 aromatic carbocycles. The molecule has 0 heterocycles. The number of nitrogens with one attached hydrogen (secondary N) is 1. The van der Waals surface area contributed by atoms with Crippen LogP contribution in [0, 0.1) is 0 Å². The number of rotatable bonds is 9. The summed E-state index contributed by atoms with van der Waals surface area (Å²) >= 11 is 0. The summed E-state index contributed by atoms with van der Waals surface area (Å²) in [6.45, 7) is 5.78. The lowest BCUT2D eigenvalue weighted by molar-refractivity contribution is -0.126. The fourth-order valence-corrected chi connectivity index (χ4v) is 2.61. The van der Waals surface area contributed by atoms with Gasteiger partial charge in [0.1, 0.15) is 12.4 Å². The van der Waals surface area contributed by atoms with Crippen molar-refractivity contribution in [1.29, 1.82) is 0 Å². The van der Waals surface area contributed by atoms with Gasteiger partial charge in [-0.1, -0.05) is 30.3 Å². The molecule has 0 aromatic heterocycles. The molecule has 1 atom stereocenters. The Balaban J connectivity index is 1.86. The van der Waals surface area contributed by atoms with Crippen molar-refractivity contribution in [3.8, 4) is 5.75 Å². The summed E-state index contributed by atoms with van der Waals surface area (Å²) in [6, 6.07) is 16.5. The molecule has 2 rings (SSSR count). The number of carbonyl (C=O) groups excluding carboxylic acids is 3. The first kappa shape index (κ1) is 22.9.